The van der Waals surface area contributed by atoms with Crippen LogP contribution in [0.3, 0.4) is 0 Å². The lowest BCUT2D eigenvalue weighted by atomic mass is 9.74. The molecule has 1 atom stereocenters. The maximum Gasteiger partial charge on any atom is 0.241 e. The van der Waals surface area contributed by atoms with Crippen molar-refractivity contribution >= 4 is 28.8 Å². The largest absolute Gasteiger partial charge is 0.351 e. The summed E-state index contributed by atoms with van der Waals surface area (Å²) in [5.74, 6) is -0.615. The maximum absolute atomic E-state index is 15.0. The second-order valence-electron chi connectivity index (χ2n) is 9.70. The van der Waals surface area contributed by atoms with Gasteiger partial charge in [-0.05, 0) is 38.8 Å². The number of rotatable bonds is 6. The van der Waals surface area contributed by atoms with Gasteiger partial charge in [0.15, 0.2) is 5.82 Å². The molecule has 184 valence electrons. The molecular formula is C24H26F3N7O. The zero-order chi connectivity index (χ0) is 24.9. The average Bonchev–Trinajstić information content (AvgIpc) is 3.07. The summed E-state index contributed by atoms with van der Waals surface area (Å²) < 4.78 is 42.3. The molecule has 35 heavy (non-hydrogen) atoms. The number of nitrogens with one attached hydrogen (secondary N) is 2. The monoisotopic (exact) mass is 485 g/mol. The number of carbonyl (C=O) groups is 1. The molecule has 3 aromatic rings. The smallest absolute Gasteiger partial charge is 0.241 e. The van der Waals surface area contributed by atoms with Gasteiger partial charge in [-0.1, -0.05) is 0 Å². The van der Waals surface area contributed by atoms with E-state index in [1.54, 1.807) is 19.1 Å². The summed E-state index contributed by atoms with van der Waals surface area (Å²) in [6, 6.07) is 3.50. The Morgan fingerprint density at radius 1 is 1.31 bits per heavy atom. The summed E-state index contributed by atoms with van der Waals surface area (Å²) >= 11 is 0. The van der Waals surface area contributed by atoms with Crippen molar-refractivity contribution in [2.24, 2.45) is 10.9 Å². The molecule has 0 saturated heterocycles. The molecule has 3 aromatic heterocycles. The Morgan fingerprint density at radius 2 is 2.09 bits per heavy atom. The first-order valence-corrected chi connectivity index (χ1v) is 11.5. The fourth-order valence-electron chi connectivity index (χ4n) is 5.11. The molecule has 8 nitrogen and oxygen atoms in total. The fraction of sp³-hybridized carbons (Fsp3) is 0.458. The summed E-state index contributed by atoms with van der Waals surface area (Å²) in [5, 5.41) is 10.6. The number of halogens is 3. The van der Waals surface area contributed by atoms with Crippen molar-refractivity contribution in [1.82, 2.24) is 24.9 Å². The molecule has 0 radical (unpaired) electrons. The average molecular weight is 486 g/mol. The Labute approximate surface area is 200 Å². The van der Waals surface area contributed by atoms with E-state index in [2.05, 4.69) is 30.7 Å². The van der Waals surface area contributed by atoms with E-state index in [9.17, 15) is 13.6 Å². The molecule has 4 heterocycles. The predicted molar refractivity (Wildman–Crippen MR) is 126 cm³/mol. The van der Waals surface area contributed by atoms with Gasteiger partial charge in [0.05, 0.1) is 40.5 Å². The molecule has 0 aromatic carbocycles. The topological polar surface area (TPSA) is 96.6 Å². The van der Waals surface area contributed by atoms with Crippen molar-refractivity contribution < 1.29 is 18.0 Å². The molecule has 0 spiro atoms. The number of anilines is 1. The lowest BCUT2D eigenvalue weighted by molar-refractivity contribution is -0.121. The van der Waals surface area contributed by atoms with Gasteiger partial charge in [0, 0.05) is 43.0 Å². The Balaban J connectivity index is 1.38. The normalized spacial score (nSPS) is 23.6. The first-order chi connectivity index (χ1) is 16.6. The fourth-order valence-corrected chi connectivity index (χ4v) is 5.11. The zero-order valence-electron chi connectivity index (χ0n) is 19.6. The quantitative estimate of drug-likeness (QED) is 0.542. The van der Waals surface area contributed by atoms with Crippen molar-refractivity contribution in [3.63, 3.8) is 0 Å². The van der Waals surface area contributed by atoms with Gasteiger partial charge in [-0.2, -0.15) is 0 Å². The summed E-state index contributed by atoms with van der Waals surface area (Å²) in [7, 11) is 0. The number of hydrogen-bond acceptors (Lipinski definition) is 6. The number of hydrogen-bond donors (Lipinski definition) is 2. The van der Waals surface area contributed by atoms with Crippen LogP contribution in [0.25, 0.3) is 16.8 Å². The van der Waals surface area contributed by atoms with Gasteiger partial charge < -0.3 is 10.6 Å². The zero-order valence-corrected chi connectivity index (χ0v) is 19.6. The van der Waals surface area contributed by atoms with Crippen molar-refractivity contribution in [3.8, 4) is 11.3 Å². The van der Waals surface area contributed by atoms with Crippen molar-refractivity contribution in [3.05, 3.63) is 36.0 Å². The molecule has 2 aliphatic rings. The number of fused-ring (bicyclic) bond motifs is 2. The van der Waals surface area contributed by atoms with E-state index in [0.717, 1.165) is 12.8 Å². The standard InChI is InChI=1S/C24H26F3N7O/c1-12-14(7-21(26)27)6-19-17(29-12)4-5-18(31-19)22-16(25)11-34-20(22)10-28-23(33-34)30-15-8-24(3,9-15)32-13(2)35/h4-5,10-11,14-15,21H,6-9H2,1-3H3,(H,30,33)(H,32,35). The third-order valence-electron chi connectivity index (χ3n) is 6.69. The van der Waals surface area contributed by atoms with Crippen LogP contribution in [0.2, 0.25) is 0 Å². The Hall–Kier alpha value is -3.50. The molecule has 11 heteroatoms. The van der Waals surface area contributed by atoms with Crippen molar-refractivity contribution in [1.29, 1.82) is 0 Å². The first kappa shape index (κ1) is 23.3. The summed E-state index contributed by atoms with van der Waals surface area (Å²) in [6.45, 7) is 5.23. The summed E-state index contributed by atoms with van der Waals surface area (Å²) in [6.07, 6.45) is 1.88. The van der Waals surface area contributed by atoms with Crippen LogP contribution >= 0.6 is 0 Å². The number of alkyl halides is 2. The summed E-state index contributed by atoms with van der Waals surface area (Å²) in [4.78, 5) is 24.7. The highest BCUT2D eigenvalue weighted by Crippen LogP contribution is 2.36. The SMILES string of the molecule is CC(=O)NC1(C)CC(Nc2ncc3c(-c4ccc5c(n4)CC(CC(F)F)C(C)=N5)c(F)cn3n2)C1. The highest BCUT2D eigenvalue weighted by Gasteiger charge is 2.41. The minimum atomic E-state index is -2.43. The number of pyridine rings is 1. The third-order valence-corrected chi connectivity index (χ3v) is 6.69. The van der Waals surface area contributed by atoms with Crippen molar-refractivity contribution in [2.45, 2.75) is 64.5 Å². The van der Waals surface area contributed by atoms with E-state index < -0.39 is 18.2 Å². The van der Waals surface area contributed by atoms with Crippen LogP contribution < -0.4 is 10.6 Å². The number of carbonyl (C=O) groups excluding carboxylic acids is 1. The van der Waals surface area contributed by atoms with Crippen LogP contribution in [0.4, 0.5) is 24.8 Å². The molecule has 1 aliphatic carbocycles. The maximum atomic E-state index is 15.0. The third kappa shape index (κ3) is 4.59. The van der Waals surface area contributed by atoms with Gasteiger partial charge in [0.2, 0.25) is 18.3 Å². The molecule has 5 rings (SSSR count). The molecule has 1 unspecified atom stereocenters. The van der Waals surface area contributed by atoms with E-state index >= 15 is 4.39 Å². The highest BCUT2D eigenvalue weighted by atomic mass is 19.3. The molecular weight excluding hydrogens is 459 g/mol. The number of aromatic nitrogens is 4. The van der Waals surface area contributed by atoms with Crippen LogP contribution in [0.5, 0.6) is 0 Å². The minimum absolute atomic E-state index is 0.0683. The van der Waals surface area contributed by atoms with Gasteiger partial charge in [-0.25, -0.2) is 22.7 Å². The lowest BCUT2D eigenvalue weighted by Crippen LogP contribution is -2.59. The Morgan fingerprint density at radius 3 is 2.80 bits per heavy atom. The minimum Gasteiger partial charge on any atom is -0.351 e. The summed E-state index contributed by atoms with van der Waals surface area (Å²) in [5.41, 5.74) is 2.66. The second-order valence-corrected chi connectivity index (χ2v) is 9.70. The number of amides is 1. The molecule has 1 aliphatic heterocycles. The molecule has 1 fully saturated rings. The van der Waals surface area contributed by atoms with Gasteiger partial charge in [0.25, 0.3) is 0 Å². The van der Waals surface area contributed by atoms with Gasteiger partial charge in [0.1, 0.15) is 0 Å². The number of aliphatic imine (C=N–C) groups is 1. The van der Waals surface area contributed by atoms with Crippen LogP contribution in [-0.2, 0) is 11.2 Å². The molecule has 1 saturated carbocycles. The second kappa shape index (κ2) is 8.62. The van der Waals surface area contributed by atoms with E-state index in [4.69, 9.17) is 0 Å². The van der Waals surface area contributed by atoms with E-state index in [0.29, 0.717) is 40.7 Å². The molecule has 1 amide bonds. The lowest BCUT2D eigenvalue weighted by Gasteiger charge is -2.45. The van der Waals surface area contributed by atoms with Crippen LogP contribution in [0.15, 0.2) is 29.5 Å². The van der Waals surface area contributed by atoms with E-state index in [1.165, 1.54) is 23.8 Å². The number of nitrogens with zero attached hydrogens (tertiary/aromatic N) is 5. The Kier molecular flexibility index (Phi) is 5.72. The van der Waals surface area contributed by atoms with Crippen molar-refractivity contribution in [2.75, 3.05) is 5.32 Å². The van der Waals surface area contributed by atoms with E-state index in [-0.39, 0.29) is 29.5 Å². The first-order valence-electron chi connectivity index (χ1n) is 11.5. The Bertz CT molecular complexity index is 1330. The highest BCUT2D eigenvalue weighted by molar-refractivity contribution is 5.89. The van der Waals surface area contributed by atoms with Crippen LogP contribution in [-0.4, -0.2) is 49.2 Å². The molecule has 2 N–H and O–H groups in total. The predicted octanol–water partition coefficient (Wildman–Crippen LogP) is 4.32. The van der Waals surface area contributed by atoms with Crippen LogP contribution in [0.1, 0.15) is 45.7 Å². The van der Waals surface area contributed by atoms with Gasteiger partial charge >= 0.3 is 0 Å². The van der Waals surface area contributed by atoms with Gasteiger partial charge in [-0.15, -0.1) is 5.10 Å². The van der Waals surface area contributed by atoms with Crippen LogP contribution in [0, 0.1) is 11.7 Å². The van der Waals surface area contributed by atoms with Gasteiger partial charge in [-0.3, -0.25) is 14.8 Å². The molecule has 0 bridgehead atoms. The van der Waals surface area contributed by atoms with E-state index in [1.807, 2.05) is 6.92 Å².